The molecule has 0 aromatic heterocycles. The lowest BCUT2D eigenvalue weighted by Crippen LogP contribution is -2.63. The normalized spacial score (nSPS) is 51.9. The molecule has 0 aromatic carbocycles. The summed E-state index contributed by atoms with van der Waals surface area (Å²) >= 11 is 0. The van der Waals surface area contributed by atoms with Crippen molar-refractivity contribution >= 4 is 11.6 Å². The first-order valence-electron chi connectivity index (χ1n) is 10.1. The van der Waals surface area contributed by atoms with Crippen LogP contribution in [0.4, 0.5) is 0 Å². The van der Waals surface area contributed by atoms with E-state index in [-0.39, 0.29) is 36.4 Å². The molecule has 0 unspecified atom stereocenters. The van der Waals surface area contributed by atoms with Gasteiger partial charge in [-0.1, -0.05) is 13.8 Å². The molecule has 0 bridgehead atoms. The van der Waals surface area contributed by atoms with E-state index < -0.39 is 41.0 Å². The van der Waals surface area contributed by atoms with Crippen molar-refractivity contribution in [2.24, 2.45) is 28.6 Å². The molecule has 3 saturated carbocycles. The third-order valence-corrected chi connectivity index (χ3v) is 8.67. The van der Waals surface area contributed by atoms with Gasteiger partial charge in [-0.15, -0.1) is 0 Å². The Hall–Kier alpha value is -1.08. The quantitative estimate of drug-likeness (QED) is 0.564. The lowest BCUT2D eigenvalue weighted by atomic mass is 9.45. The Labute approximate surface area is 159 Å². The molecule has 0 spiro atoms. The highest BCUT2D eigenvalue weighted by atomic mass is 16.3. The summed E-state index contributed by atoms with van der Waals surface area (Å²) < 4.78 is 0. The van der Waals surface area contributed by atoms with Crippen molar-refractivity contribution in [2.45, 2.75) is 70.2 Å². The standard InChI is InChI=1S/C21H30O6/c1-19-5-3-11(23)7-14(19)15(24)8-12-13-4-6-21(27,17(26)10-22)20(13,2)9-16(25)18(12)19/h7,12-13,15-16,18,22,24-25,27H,3-6,8-10H2,1-2H3/t12-,13-,15+,16+,18+,19+,20+,21+/m1/s1. The molecule has 6 heteroatoms. The SMILES string of the molecule is C[C@]12CCC(=O)C=C1[C@@H](O)C[C@H]1[C@H]2[C@@H](O)C[C@@]2(C)[C@@H]1CC[C@]2(O)C(=O)CO. The number of ketones is 2. The lowest BCUT2D eigenvalue weighted by Gasteiger charge is -2.61. The van der Waals surface area contributed by atoms with Crippen molar-refractivity contribution in [3.8, 4) is 0 Å². The summed E-state index contributed by atoms with van der Waals surface area (Å²) in [6.07, 6.45) is 2.75. The van der Waals surface area contributed by atoms with E-state index in [0.29, 0.717) is 25.7 Å². The highest BCUT2D eigenvalue weighted by molar-refractivity contribution is 5.92. The van der Waals surface area contributed by atoms with Crippen molar-refractivity contribution in [3.05, 3.63) is 11.6 Å². The van der Waals surface area contributed by atoms with Gasteiger partial charge in [-0.05, 0) is 66.9 Å². The van der Waals surface area contributed by atoms with Crippen LogP contribution in [-0.2, 0) is 9.59 Å². The molecule has 4 rings (SSSR count). The number of carbonyl (C=O) groups is 2. The van der Waals surface area contributed by atoms with Gasteiger partial charge in [-0.3, -0.25) is 9.59 Å². The van der Waals surface area contributed by atoms with E-state index in [1.165, 1.54) is 0 Å². The smallest absolute Gasteiger partial charge is 0.190 e. The minimum absolute atomic E-state index is 0.0166. The van der Waals surface area contributed by atoms with E-state index in [1.54, 1.807) is 6.08 Å². The highest BCUT2D eigenvalue weighted by Crippen LogP contribution is 2.67. The second-order valence-electron chi connectivity index (χ2n) is 9.70. The van der Waals surface area contributed by atoms with Gasteiger partial charge >= 0.3 is 0 Å². The number of aliphatic hydroxyl groups excluding tert-OH is 3. The number of aliphatic hydroxyl groups is 4. The van der Waals surface area contributed by atoms with Crippen molar-refractivity contribution in [2.75, 3.05) is 6.61 Å². The van der Waals surface area contributed by atoms with Gasteiger partial charge in [0.15, 0.2) is 11.6 Å². The molecular weight excluding hydrogens is 348 g/mol. The van der Waals surface area contributed by atoms with Crippen LogP contribution in [0.25, 0.3) is 0 Å². The Kier molecular flexibility index (Phi) is 4.25. The fraction of sp³-hybridized carbons (Fsp3) is 0.810. The first-order valence-corrected chi connectivity index (χ1v) is 10.1. The fourth-order valence-electron chi connectivity index (χ4n) is 7.33. The third-order valence-electron chi connectivity index (χ3n) is 8.67. The van der Waals surface area contributed by atoms with Gasteiger partial charge in [0, 0.05) is 11.8 Å². The Morgan fingerprint density at radius 2 is 1.96 bits per heavy atom. The molecular formula is C21H30O6. The number of fused-ring (bicyclic) bond motifs is 5. The minimum atomic E-state index is -1.64. The molecule has 0 aromatic rings. The van der Waals surface area contributed by atoms with E-state index in [1.807, 2.05) is 13.8 Å². The predicted octanol–water partition coefficient (Wildman–Crippen LogP) is 0.752. The maximum absolute atomic E-state index is 12.4. The zero-order valence-electron chi connectivity index (χ0n) is 16.0. The second kappa shape index (κ2) is 5.96. The zero-order valence-corrected chi connectivity index (χ0v) is 16.0. The number of hydrogen-bond donors (Lipinski definition) is 4. The van der Waals surface area contributed by atoms with Crippen LogP contribution in [0, 0.1) is 28.6 Å². The summed E-state index contributed by atoms with van der Waals surface area (Å²) in [7, 11) is 0. The number of carbonyl (C=O) groups excluding carboxylic acids is 2. The van der Waals surface area contributed by atoms with Crippen LogP contribution < -0.4 is 0 Å². The van der Waals surface area contributed by atoms with Gasteiger partial charge in [0.25, 0.3) is 0 Å². The van der Waals surface area contributed by atoms with Gasteiger partial charge < -0.3 is 20.4 Å². The monoisotopic (exact) mass is 378 g/mol. The first kappa shape index (κ1) is 19.2. The Morgan fingerprint density at radius 1 is 1.26 bits per heavy atom. The van der Waals surface area contributed by atoms with Gasteiger partial charge in [-0.2, -0.15) is 0 Å². The van der Waals surface area contributed by atoms with E-state index in [4.69, 9.17) is 0 Å². The summed E-state index contributed by atoms with van der Waals surface area (Å²) in [5.74, 6) is -0.713. The maximum atomic E-state index is 12.4. The molecule has 3 fully saturated rings. The number of hydrogen-bond acceptors (Lipinski definition) is 6. The Balaban J connectivity index is 1.77. The molecule has 4 N–H and O–H groups in total. The summed E-state index contributed by atoms with van der Waals surface area (Å²) in [6.45, 7) is 3.18. The van der Waals surface area contributed by atoms with Crippen LogP contribution in [-0.4, -0.2) is 56.4 Å². The van der Waals surface area contributed by atoms with Crippen molar-refractivity contribution < 1.29 is 30.0 Å². The largest absolute Gasteiger partial charge is 0.393 e. The van der Waals surface area contributed by atoms with Crippen molar-refractivity contribution in [1.82, 2.24) is 0 Å². The van der Waals surface area contributed by atoms with Crippen molar-refractivity contribution in [3.63, 3.8) is 0 Å². The third kappa shape index (κ3) is 2.33. The molecule has 0 radical (unpaired) electrons. The topological polar surface area (TPSA) is 115 Å². The fourth-order valence-corrected chi connectivity index (χ4v) is 7.33. The molecule has 150 valence electrons. The van der Waals surface area contributed by atoms with Crippen LogP contribution in [0.15, 0.2) is 11.6 Å². The molecule has 0 heterocycles. The van der Waals surface area contributed by atoms with Crippen LogP contribution in [0.2, 0.25) is 0 Å². The minimum Gasteiger partial charge on any atom is -0.393 e. The van der Waals surface area contributed by atoms with Crippen LogP contribution >= 0.6 is 0 Å². The average molecular weight is 378 g/mol. The van der Waals surface area contributed by atoms with Crippen LogP contribution in [0.3, 0.4) is 0 Å². The molecule has 0 amide bonds. The molecule has 27 heavy (non-hydrogen) atoms. The predicted molar refractivity (Wildman–Crippen MR) is 96.5 cm³/mol. The van der Waals surface area contributed by atoms with Gasteiger partial charge in [-0.25, -0.2) is 0 Å². The Bertz CT molecular complexity index is 715. The van der Waals surface area contributed by atoms with Crippen molar-refractivity contribution in [1.29, 1.82) is 0 Å². The zero-order chi connectivity index (χ0) is 19.8. The molecule has 4 aliphatic rings. The summed E-state index contributed by atoms with van der Waals surface area (Å²) in [4.78, 5) is 24.3. The van der Waals surface area contributed by atoms with Crippen LogP contribution in [0.1, 0.15) is 52.4 Å². The molecule has 0 saturated heterocycles. The van der Waals surface area contributed by atoms with E-state index in [2.05, 4.69) is 0 Å². The molecule has 8 atom stereocenters. The summed E-state index contributed by atoms with van der Waals surface area (Å²) in [5.41, 5.74) is -2.17. The van der Waals surface area contributed by atoms with E-state index >= 15 is 0 Å². The summed E-state index contributed by atoms with van der Waals surface area (Å²) in [6, 6.07) is 0. The van der Waals surface area contributed by atoms with Gasteiger partial charge in [0.1, 0.15) is 12.2 Å². The highest BCUT2D eigenvalue weighted by Gasteiger charge is 2.68. The lowest BCUT2D eigenvalue weighted by molar-refractivity contribution is -0.187. The number of rotatable bonds is 2. The molecule has 4 aliphatic carbocycles. The second-order valence-corrected chi connectivity index (χ2v) is 9.70. The van der Waals surface area contributed by atoms with Gasteiger partial charge in [0.2, 0.25) is 0 Å². The van der Waals surface area contributed by atoms with Gasteiger partial charge in [0.05, 0.1) is 12.2 Å². The average Bonchev–Trinajstić information content (AvgIpc) is 2.87. The maximum Gasteiger partial charge on any atom is 0.190 e. The molecule has 6 nitrogen and oxygen atoms in total. The van der Waals surface area contributed by atoms with Crippen LogP contribution in [0.5, 0.6) is 0 Å². The summed E-state index contributed by atoms with van der Waals surface area (Å²) in [5, 5.41) is 42.6. The number of Topliss-reactive ketones (excluding diaryl/α,β-unsaturated/α-hetero) is 1. The molecule has 0 aliphatic heterocycles. The van der Waals surface area contributed by atoms with E-state index in [9.17, 15) is 30.0 Å². The Morgan fingerprint density at radius 3 is 2.63 bits per heavy atom. The first-order chi connectivity index (χ1) is 12.6. The van der Waals surface area contributed by atoms with E-state index in [0.717, 1.165) is 5.57 Å².